The average molecular weight is 247 g/mol. The average Bonchev–Trinajstić information content (AvgIpc) is 2.25. The minimum atomic E-state index is -4.37. The zero-order valence-corrected chi connectivity index (χ0v) is 9.39. The lowest BCUT2D eigenvalue weighted by Crippen LogP contribution is -2.22. The molecule has 0 fully saturated rings. The van der Waals surface area contributed by atoms with Crippen molar-refractivity contribution in [1.82, 2.24) is 5.32 Å². The van der Waals surface area contributed by atoms with Crippen molar-refractivity contribution in [2.45, 2.75) is 12.6 Å². The zero-order chi connectivity index (χ0) is 13.1. The summed E-state index contributed by atoms with van der Waals surface area (Å²) in [5.74, 6) is -0.260. The molecule has 17 heavy (non-hydrogen) atoms. The predicted molar refractivity (Wildman–Crippen MR) is 56.1 cm³/mol. The highest BCUT2D eigenvalue weighted by Crippen LogP contribution is 2.26. The Hall–Kier alpha value is -1.72. The van der Waals surface area contributed by atoms with Crippen LogP contribution < -0.4 is 10.1 Å². The van der Waals surface area contributed by atoms with Crippen LogP contribution in [0.1, 0.15) is 15.9 Å². The molecule has 0 saturated carbocycles. The third-order valence-electron chi connectivity index (χ3n) is 2.17. The number of carbonyl (C=O) groups excluding carboxylic acids is 1. The van der Waals surface area contributed by atoms with Gasteiger partial charge < -0.3 is 10.1 Å². The van der Waals surface area contributed by atoms with Gasteiger partial charge in [-0.15, -0.1) is 0 Å². The number of hydrogen-bond donors (Lipinski definition) is 1. The van der Waals surface area contributed by atoms with Crippen molar-refractivity contribution in [1.29, 1.82) is 0 Å². The van der Waals surface area contributed by atoms with E-state index >= 15 is 0 Å². The highest BCUT2D eigenvalue weighted by atomic mass is 19.4. The molecule has 0 aromatic heterocycles. The molecular weight excluding hydrogens is 235 g/mol. The van der Waals surface area contributed by atoms with Crippen molar-refractivity contribution in [2.75, 3.05) is 14.2 Å². The summed E-state index contributed by atoms with van der Waals surface area (Å²) in [6, 6.07) is 3.99. The molecule has 0 bridgehead atoms. The van der Waals surface area contributed by atoms with E-state index in [2.05, 4.69) is 5.32 Å². The Balaban J connectivity index is 3.16. The summed E-state index contributed by atoms with van der Waals surface area (Å²) in [4.78, 5) is 11.4. The van der Waals surface area contributed by atoms with E-state index in [0.29, 0.717) is 0 Å². The summed E-state index contributed by atoms with van der Waals surface area (Å²) >= 11 is 0. The summed E-state index contributed by atoms with van der Waals surface area (Å²) in [5.41, 5.74) is -0.0955. The summed E-state index contributed by atoms with van der Waals surface area (Å²) in [6.07, 6.45) is -5.53. The summed E-state index contributed by atoms with van der Waals surface area (Å²) in [5, 5.41) is 2.30. The number of methoxy groups -OCH3 is 1. The minimum Gasteiger partial charge on any atom is -0.497 e. The maximum Gasteiger partial charge on any atom is 0.393 e. The highest BCUT2D eigenvalue weighted by molar-refractivity contribution is 5.95. The van der Waals surface area contributed by atoms with Crippen LogP contribution in [0.25, 0.3) is 0 Å². The number of ether oxygens (including phenoxy) is 1. The molecule has 6 heteroatoms. The van der Waals surface area contributed by atoms with Crippen LogP contribution in [0.5, 0.6) is 5.75 Å². The third-order valence-corrected chi connectivity index (χ3v) is 2.17. The monoisotopic (exact) mass is 247 g/mol. The first-order chi connectivity index (χ1) is 7.87. The van der Waals surface area contributed by atoms with Crippen LogP contribution in [0.3, 0.4) is 0 Å². The van der Waals surface area contributed by atoms with E-state index in [-0.39, 0.29) is 16.9 Å². The van der Waals surface area contributed by atoms with E-state index in [1.54, 1.807) is 0 Å². The number of alkyl halides is 3. The first kappa shape index (κ1) is 13.3. The molecule has 1 aromatic rings. The summed E-state index contributed by atoms with van der Waals surface area (Å²) < 4.78 is 41.9. The number of hydrogen-bond acceptors (Lipinski definition) is 2. The van der Waals surface area contributed by atoms with Gasteiger partial charge in [0.25, 0.3) is 5.91 Å². The van der Waals surface area contributed by atoms with E-state index in [1.807, 2.05) is 0 Å². The van der Waals surface area contributed by atoms with Gasteiger partial charge in [-0.05, 0) is 23.8 Å². The van der Waals surface area contributed by atoms with Gasteiger partial charge in [-0.25, -0.2) is 0 Å². The molecule has 0 unspecified atom stereocenters. The molecule has 1 rings (SSSR count). The van der Waals surface area contributed by atoms with Crippen molar-refractivity contribution >= 4 is 5.91 Å². The maximum atomic E-state index is 12.4. The number of amides is 1. The van der Waals surface area contributed by atoms with Crippen LogP contribution in [0.4, 0.5) is 13.2 Å². The second-order valence-corrected chi connectivity index (χ2v) is 3.39. The molecule has 0 radical (unpaired) electrons. The van der Waals surface area contributed by atoms with Gasteiger partial charge in [-0.2, -0.15) is 13.2 Å². The van der Waals surface area contributed by atoms with Gasteiger partial charge in [0, 0.05) is 12.6 Å². The predicted octanol–water partition coefficient (Wildman–Crippen LogP) is 2.16. The Bertz CT molecular complexity index is 416. The van der Waals surface area contributed by atoms with Gasteiger partial charge in [0.2, 0.25) is 0 Å². The number of halogens is 3. The third kappa shape index (κ3) is 3.65. The van der Waals surface area contributed by atoms with Gasteiger partial charge in [0.05, 0.1) is 13.5 Å². The Kier molecular flexibility index (Phi) is 3.98. The lowest BCUT2D eigenvalue weighted by atomic mass is 10.0. The van der Waals surface area contributed by atoms with Crippen molar-refractivity contribution in [2.24, 2.45) is 0 Å². The second kappa shape index (κ2) is 5.07. The molecule has 0 aliphatic carbocycles. The van der Waals surface area contributed by atoms with Crippen LogP contribution in [0.15, 0.2) is 18.2 Å². The molecule has 1 aromatic carbocycles. The molecule has 1 N–H and O–H groups in total. The normalized spacial score (nSPS) is 11.1. The molecule has 0 spiro atoms. The van der Waals surface area contributed by atoms with E-state index in [0.717, 1.165) is 0 Å². The maximum absolute atomic E-state index is 12.4. The first-order valence-electron chi connectivity index (χ1n) is 4.83. The molecule has 0 saturated heterocycles. The van der Waals surface area contributed by atoms with Crippen molar-refractivity contribution in [3.05, 3.63) is 29.3 Å². The molecule has 3 nitrogen and oxygen atoms in total. The van der Waals surface area contributed by atoms with Gasteiger partial charge in [-0.3, -0.25) is 4.79 Å². The molecule has 0 atom stereocenters. The SMILES string of the molecule is CNC(=O)c1ccc(OC)cc1CC(F)(F)F. The minimum absolute atomic E-state index is 0.00521. The van der Waals surface area contributed by atoms with Crippen molar-refractivity contribution < 1.29 is 22.7 Å². The van der Waals surface area contributed by atoms with E-state index in [9.17, 15) is 18.0 Å². The van der Waals surface area contributed by atoms with Crippen LogP contribution in [-0.4, -0.2) is 26.2 Å². The summed E-state index contributed by atoms with van der Waals surface area (Å²) in [6.45, 7) is 0. The summed E-state index contributed by atoms with van der Waals surface area (Å²) in [7, 11) is 2.72. The molecular formula is C11H12F3NO2. The smallest absolute Gasteiger partial charge is 0.393 e. The van der Waals surface area contributed by atoms with E-state index < -0.39 is 18.5 Å². The van der Waals surface area contributed by atoms with Crippen LogP contribution in [0, 0.1) is 0 Å². The van der Waals surface area contributed by atoms with Gasteiger partial charge >= 0.3 is 6.18 Å². The molecule has 0 heterocycles. The van der Waals surface area contributed by atoms with E-state index in [1.165, 1.54) is 32.4 Å². The van der Waals surface area contributed by atoms with Gasteiger partial charge in [-0.1, -0.05) is 0 Å². The van der Waals surface area contributed by atoms with Crippen molar-refractivity contribution in [3.8, 4) is 5.75 Å². The standard InChI is InChI=1S/C11H12F3NO2/c1-15-10(16)9-4-3-8(17-2)5-7(9)6-11(12,13)14/h3-5H,6H2,1-2H3,(H,15,16). The van der Waals surface area contributed by atoms with E-state index in [4.69, 9.17) is 4.74 Å². The first-order valence-corrected chi connectivity index (χ1v) is 4.83. The van der Waals surface area contributed by atoms with Crippen LogP contribution in [-0.2, 0) is 6.42 Å². The Morgan fingerprint density at radius 1 is 1.41 bits per heavy atom. The Morgan fingerprint density at radius 2 is 2.06 bits per heavy atom. The number of rotatable bonds is 3. The number of carbonyl (C=O) groups is 1. The zero-order valence-electron chi connectivity index (χ0n) is 9.39. The fourth-order valence-corrected chi connectivity index (χ4v) is 1.42. The van der Waals surface area contributed by atoms with Crippen LogP contribution >= 0.6 is 0 Å². The Labute approximate surface area is 96.6 Å². The second-order valence-electron chi connectivity index (χ2n) is 3.39. The highest BCUT2D eigenvalue weighted by Gasteiger charge is 2.30. The Morgan fingerprint density at radius 3 is 2.53 bits per heavy atom. The van der Waals surface area contributed by atoms with Crippen LogP contribution in [0.2, 0.25) is 0 Å². The molecule has 1 amide bonds. The molecule has 0 aliphatic heterocycles. The van der Waals surface area contributed by atoms with Gasteiger partial charge in [0.1, 0.15) is 5.75 Å². The molecule has 0 aliphatic rings. The largest absolute Gasteiger partial charge is 0.497 e. The fraction of sp³-hybridized carbons (Fsp3) is 0.364. The number of benzene rings is 1. The van der Waals surface area contributed by atoms with Crippen molar-refractivity contribution in [3.63, 3.8) is 0 Å². The molecule has 94 valence electrons. The van der Waals surface area contributed by atoms with Gasteiger partial charge in [0.15, 0.2) is 0 Å². The topological polar surface area (TPSA) is 38.3 Å². The quantitative estimate of drug-likeness (QED) is 0.888. The number of nitrogens with one attached hydrogen (secondary N) is 1. The lowest BCUT2D eigenvalue weighted by molar-refractivity contribution is -0.127. The fourth-order valence-electron chi connectivity index (χ4n) is 1.42. The lowest BCUT2D eigenvalue weighted by Gasteiger charge is -2.12.